The normalized spacial score (nSPS) is 42.7. The predicted molar refractivity (Wildman–Crippen MR) is 43.1 cm³/mol. The van der Waals surface area contributed by atoms with Crippen LogP contribution in [-0.2, 0) is 9.53 Å². The van der Waals surface area contributed by atoms with Gasteiger partial charge < -0.3 is 30.9 Å². The molecule has 1 rings (SSSR count). The average molecular weight is 207 g/mol. The molecule has 1 saturated heterocycles. The molecule has 1 fully saturated rings. The van der Waals surface area contributed by atoms with Crippen molar-refractivity contribution in [3.8, 4) is 0 Å². The molecule has 6 N–H and O–H groups in total. The van der Waals surface area contributed by atoms with E-state index in [0.717, 1.165) is 0 Å². The van der Waals surface area contributed by atoms with Crippen LogP contribution in [0.5, 0.6) is 0 Å². The molecule has 0 aromatic heterocycles. The number of aliphatic hydroxyl groups is 3. The Kier molecular flexibility index (Phi) is 3.07. The van der Waals surface area contributed by atoms with Crippen LogP contribution < -0.4 is 5.73 Å². The van der Waals surface area contributed by atoms with E-state index in [9.17, 15) is 15.0 Å². The molecular weight excluding hydrogens is 194 g/mol. The summed E-state index contributed by atoms with van der Waals surface area (Å²) in [5, 5.41) is 36.7. The fourth-order valence-electron chi connectivity index (χ4n) is 1.52. The Bertz CT molecular complexity index is 234. The maximum absolute atomic E-state index is 10.4. The van der Waals surface area contributed by atoms with Gasteiger partial charge in [0.05, 0.1) is 6.42 Å². The highest BCUT2D eigenvalue weighted by atomic mass is 16.6. The molecule has 0 aromatic carbocycles. The maximum atomic E-state index is 10.4. The van der Waals surface area contributed by atoms with Crippen molar-refractivity contribution in [1.29, 1.82) is 0 Å². The number of carboxylic acid groups (broad SMARTS) is 1. The third-order valence-electron chi connectivity index (χ3n) is 2.29. The van der Waals surface area contributed by atoms with Crippen LogP contribution in [0.2, 0.25) is 0 Å². The van der Waals surface area contributed by atoms with Crippen LogP contribution in [0.25, 0.3) is 0 Å². The van der Waals surface area contributed by atoms with E-state index in [1.54, 1.807) is 0 Å². The number of carboxylic acids is 1. The SMILES string of the molecule is NC[C@H]1OC(O)C(O)[C@]1(O)CC(=O)O. The van der Waals surface area contributed by atoms with E-state index in [2.05, 4.69) is 0 Å². The predicted octanol–water partition coefficient (Wildman–Crippen LogP) is -2.77. The van der Waals surface area contributed by atoms with Gasteiger partial charge in [-0.3, -0.25) is 4.79 Å². The molecule has 1 aliphatic rings. The summed E-state index contributed by atoms with van der Waals surface area (Å²) in [6.07, 6.45) is -5.07. The fourth-order valence-corrected chi connectivity index (χ4v) is 1.52. The minimum Gasteiger partial charge on any atom is -0.481 e. The van der Waals surface area contributed by atoms with Crippen molar-refractivity contribution in [2.75, 3.05) is 6.54 Å². The van der Waals surface area contributed by atoms with Gasteiger partial charge in [0.1, 0.15) is 17.8 Å². The topological polar surface area (TPSA) is 133 Å². The van der Waals surface area contributed by atoms with Crippen molar-refractivity contribution in [1.82, 2.24) is 0 Å². The van der Waals surface area contributed by atoms with E-state index in [1.165, 1.54) is 0 Å². The lowest BCUT2D eigenvalue weighted by molar-refractivity contribution is -0.150. The molecular formula is C7H13NO6. The number of hydrogen-bond donors (Lipinski definition) is 5. The second-order valence-corrected chi connectivity index (χ2v) is 3.26. The summed E-state index contributed by atoms with van der Waals surface area (Å²) in [5.74, 6) is -1.30. The smallest absolute Gasteiger partial charge is 0.306 e. The summed E-state index contributed by atoms with van der Waals surface area (Å²) in [4.78, 5) is 10.4. The van der Waals surface area contributed by atoms with Gasteiger partial charge in [-0.05, 0) is 0 Å². The lowest BCUT2D eigenvalue weighted by Crippen LogP contribution is -2.52. The molecule has 7 nitrogen and oxygen atoms in total. The summed E-state index contributed by atoms with van der Waals surface area (Å²) in [6, 6.07) is 0. The minimum absolute atomic E-state index is 0.183. The number of nitrogens with two attached hydrogens (primary N) is 1. The highest BCUT2D eigenvalue weighted by molar-refractivity contribution is 5.68. The van der Waals surface area contributed by atoms with Crippen molar-refractivity contribution in [2.45, 2.75) is 30.5 Å². The van der Waals surface area contributed by atoms with Crippen LogP contribution in [0.3, 0.4) is 0 Å². The van der Waals surface area contributed by atoms with Gasteiger partial charge in [0.25, 0.3) is 0 Å². The van der Waals surface area contributed by atoms with Crippen LogP contribution in [0, 0.1) is 0 Å². The number of carbonyl (C=O) groups is 1. The van der Waals surface area contributed by atoms with Gasteiger partial charge in [0.15, 0.2) is 6.29 Å². The molecule has 0 aromatic rings. The Morgan fingerprint density at radius 1 is 1.50 bits per heavy atom. The Labute approximate surface area is 79.7 Å². The first-order valence-corrected chi connectivity index (χ1v) is 4.07. The van der Waals surface area contributed by atoms with E-state index < -0.39 is 36.5 Å². The zero-order valence-electron chi connectivity index (χ0n) is 7.33. The summed E-state index contributed by atoms with van der Waals surface area (Å²) >= 11 is 0. The highest BCUT2D eigenvalue weighted by Gasteiger charge is 2.55. The summed E-state index contributed by atoms with van der Waals surface area (Å²) < 4.78 is 4.71. The van der Waals surface area contributed by atoms with E-state index in [-0.39, 0.29) is 6.54 Å². The number of aliphatic hydroxyl groups excluding tert-OH is 2. The van der Waals surface area contributed by atoms with Crippen molar-refractivity contribution >= 4 is 5.97 Å². The molecule has 0 aliphatic carbocycles. The molecule has 0 amide bonds. The lowest BCUT2D eigenvalue weighted by Gasteiger charge is -2.28. The van der Waals surface area contributed by atoms with E-state index in [1.807, 2.05) is 0 Å². The molecule has 2 unspecified atom stereocenters. The second-order valence-electron chi connectivity index (χ2n) is 3.26. The zero-order chi connectivity index (χ0) is 10.9. The molecule has 1 heterocycles. The average Bonchev–Trinajstić information content (AvgIpc) is 2.28. The van der Waals surface area contributed by atoms with Crippen molar-refractivity contribution in [2.24, 2.45) is 5.73 Å². The van der Waals surface area contributed by atoms with Crippen molar-refractivity contribution in [3.05, 3.63) is 0 Å². The molecule has 0 radical (unpaired) electrons. The number of rotatable bonds is 3. The first-order chi connectivity index (χ1) is 6.41. The van der Waals surface area contributed by atoms with Gasteiger partial charge in [-0.25, -0.2) is 0 Å². The summed E-state index contributed by atoms with van der Waals surface area (Å²) in [7, 11) is 0. The quantitative estimate of drug-likeness (QED) is 0.338. The monoisotopic (exact) mass is 207 g/mol. The Balaban J connectivity index is 2.85. The van der Waals surface area contributed by atoms with Crippen molar-refractivity contribution in [3.63, 3.8) is 0 Å². The van der Waals surface area contributed by atoms with Gasteiger partial charge in [-0.15, -0.1) is 0 Å². The van der Waals surface area contributed by atoms with Gasteiger partial charge in [-0.2, -0.15) is 0 Å². The van der Waals surface area contributed by atoms with Crippen LogP contribution in [0.4, 0.5) is 0 Å². The standard InChI is InChI=1S/C7H13NO6/c8-2-3-7(13,1-4(9)10)5(11)6(12)14-3/h3,5-6,11-13H,1-2,8H2,(H,9,10)/t3-,5?,6?,7+/m1/s1. The van der Waals surface area contributed by atoms with Gasteiger partial charge in [0, 0.05) is 6.54 Å². The molecule has 4 atom stereocenters. The van der Waals surface area contributed by atoms with Gasteiger partial charge in [0.2, 0.25) is 0 Å². The largest absolute Gasteiger partial charge is 0.481 e. The third kappa shape index (κ3) is 1.72. The van der Waals surface area contributed by atoms with Gasteiger partial charge in [-0.1, -0.05) is 0 Å². The number of ether oxygens (including phenoxy) is 1. The second kappa shape index (κ2) is 3.79. The molecule has 0 spiro atoms. The Morgan fingerprint density at radius 3 is 2.50 bits per heavy atom. The molecule has 0 bridgehead atoms. The summed E-state index contributed by atoms with van der Waals surface area (Å²) in [6.45, 7) is -0.183. The first kappa shape index (κ1) is 11.3. The van der Waals surface area contributed by atoms with E-state index >= 15 is 0 Å². The molecule has 7 heteroatoms. The lowest BCUT2D eigenvalue weighted by atomic mass is 9.89. The van der Waals surface area contributed by atoms with E-state index in [4.69, 9.17) is 20.7 Å². The van der Waals surface area contributed by atoms with Crippen LogP contribution >= 0.6 is 0 Å². The van der Waals surface area contributed by atoms with Gasteiger partial charge >= 0.3 is 5.97 Å². The number of aliphatic carboxylic acids is 1. The third-order valence-corrected chi connectivity index (χ3v) is 2.29. The van der Waals surface area contributed by atoms with E-state index in [0.29, 0.717) is 0 Å². The summed E-state index contributed by atoms with van der Waals surface area (Å²) in [5.41, 5.74) is 3.18. The van der Waals surface area contributed by atoms with Crippen LogP contribution in [0.15, 0.2) is 0 Å². The Hall–Kier alpha value is -0.730. The minimum atomic E-state index is -2.03. The molecule has 0 saturated carbocycles. The zero-order valence-corrected chi connectivity index (χ0v) is 7.33. The Morgan fingerprint density at radius 2 is 2.07 bits per heavy atom. The molecule has 82 valence electrons. The van der Waals surface area contributed by atoms with Crippen LogP contribution in [0.1, 0.15) is 6.42 Å². The number of hydrogen-bond acceptors (Lipinski definition) is 6. The maximum Gasteiger partial charge on any atom is 0.306 e. The highest BCUT2D eigenvalue weighted by Crippen LogP contribution is 2.32. The fraction of sp³-hybridized carbons (Fsp3) is 0.857. The molecule has 1 aliphatic heterocycles. The van der Waals surface area contributed by atoms with Crippen molar-refractivity contribution < 1.29 is 30.0 Å². The molecule has 14 heavy (non-hydrogen) atoms. The van der Waals surface area contributed by atoms with Crippen LogP contribution in [-0.4, -0.2) is 57.0 Å². The first-order valence-electron chi connectivity index (χ1n) is 4.07.